The zero-order valence-corrected chi connectivity index (χ0v) is 10.6. The minimum Gasteiger partial charge on any atom is -0.359 e. The maximum Gasteiger partial charge on any atom is 0.154 e. The monoisotopic (exact) mass is 248 g/mol. The standard InChI is InChI=1S/C14H17FN2O/c1-3-4-12(16)14-8-13(17-18-14)11-7-10(15)6-5-9(11)2/h5-8,12H,3-4,16H2,1-2H3. The molecule has 4 heteroatoms. The van der Waals surface area contributed by atoms with Gasteiger partial charge in [-0.25, -0.2) is 4.39 Å². The van der Waals surface area contributed by atoms with Gasteiger partial charge in [0.1, 0.15) is 11.5 Å². The third-order valence-electron chi connectivity index (χ3n) is 2.97. The molecular formula is C14H17FN2O. The van der Waals surface area contributed by atoms with Gasteiger partial charge in [0.05, 0.1) is 6.04 Å². The molecular weight excluding hydrogens is 231 g/mol. The summed E-state index contributed by atoms with van der Waals surface area (Å²) in [6, 6.07) is 6.27. The molecule has 0 aliphatic carbocycles. The first-order valence-electron chi connectivity index (χ1n) is 6.10. The summed E-state index contributed by atoms with van der Waals surface area (Å²) in [5.41, 5.74) is 8.29. The summed E-state index contributed by atoms with van der Waals surface area (Å²) >= 11 is 0. The Hall–Kier alpha value is -1.68. The van der Waals surface area contributed by atoms with Crippen molar-refractivity contribution in [2.75, 3.05) is 0 Å². The van der Waals surface area contributed by atoms with Crippen LogP contribution in [-0.2, 0) is 0 Å². The van der Waals surface area contributed by atoms with Crippen LogP contribution in [0.15, 0.2) is 28.8 Å². The topological polar surface area (TPSA) is 52.0 Å². The highest BCUT2D eigenvalue weighted by molar-refractivity contribution is 5.63. The average Bonchev–Trinajstić information content (AvgIpc) is 2.82. The van der Waals surface area contributed by atoms with Gasteiger partial charge in [-0.3, -0.25) is 0 Å². The molecule has 0 saturated carbocycles. The van der Waals surface area contributed by atoms with E-state index < -0.39 is 0 Å². The molecule has 2 aromatic rings. The summed E-state index contributed by atoms with van der Waals surface area (Å²) < 4.78 is 18.5. The van der Waals surface area contributed by atoms with Crippen LogP contribution in [0.3, 0.4) is 0 Å². The molecule has 1 heterocycles. The second kappa shape index (κ2) is 5.31. The molecule has 0 amide bonds. The first-order chi connectivity index (χ1) is 8.61. The smallest absolute Gasteiger partial charge is 0.154 e. The fraction of sp³-hybridized carbons (Fsp3) is 0.357. The highest BCUT2D eigenvalue weighted by Gasteiger charge is 2.14. The van der Waals surface area contributed by atoms with Crippen LogP contribution in [0.25, 0.3) is 11.3 Å². The fourth-order valence-electron chi connectivity index (χ4n) is 1.91. The fourth-order valence-corrected chi connectivity index (χ4v) is 1.91. The van der Waals surface area contributed by atoms with E-state index in [1.165, 1.54) is 12.1 Å². The van der Waals surface area contributed by atoms with Gasteiger partial charge in [-0.05, 0) is 31.0 Å². The molecule has 0 spiro atoms. The van der Waals surface area contributed by atoms with Crippen LogP contribution < -0.4 is 5.73 Å². The van der Waals surface area contributed by atoms with Gasteiger partial charge in [0.15, 0.2) is 5.76 Å². The Bertz CT molecular complexity index is 536. The summed E-state index contributed by atoms with van der Waals surface area (Å²) in [5.74, 6) is 0.369. The van der Waals surface area contributed by atoms with E-state index in [4.69, 9.17) is 10.3 Å². The summed E-state index contributed by atoms with van der Waals surface area (Å²) in [6.45, 7) is 3.98. The molecule has 96 valence electrons. The second-order valence-electron chi connectivity index (χ2n) is 4.47. The van der Waals surface area contributed by atoms with Gasteiger partial charge < -0.3 is 10.3 Å². The number of nitrogens with zero attached hydrogens (tertiary/aromatic N) is 1. The number of halogens is 1. The number of rotatable bonds is 4. The van der Waals surface area contributed by atoms with E-state index >= 15 is 0 Å². The Morgan fingerprint density at radius 2 is 2.17 bits per heavy atom. The summed E-state index contributed by atoms with van der Waals surface area (Å²) in [4.78, 5) is 0. The van der Waals surface area contributed by atoms with Gasteiger partial charge in [0.25, 0.3) is 0 Å². The lowest BCUT2D eigenvalue weighted by Crippen LogP contribution is -2.08. The minimum absolute atomic E-state index is 0.148. The average molecular weight is 248 g/mol. The Balaban J connectivity index is 2.32. The van der Waals surface area contributed by atoms with Crippen LogP contribution in [0.5, 0.6) is 0 Å². The molecule has 3 nitrogen and oxygen atoms in total. The van der Waals surface area contributed by atoms with E-state index in [0.29, 0.717) is 11.5 Å². The number of hydrogen-bond acceptors (Lipinski definition) is 3. The van der Waals surface area contributed by atoms with Crippen molar-refractivity contribution in [2.45, 2.75) is 32.7 Å². The molecule has 0 radical (unpaired) electrons. The van der Waals surface area contributed by atoms with E-state index in [0.717, 1.165) is 24.0 Å². The molecule has 18 heavy (non-hydrogen) atoms. The lowest BCUT2D eigenvalue weighted by molar-refractivity contribution is 0.356. The van der Waals surface area contributed by atoms with Crippen LogP contribution in [0.4, 0.5) is 4.39 Å². The number of aromatic nitrogens is 1. The SMILES string of the molecule is CCCC(N)c1cc(-c2cc(F)ccc2C)no1. The van der Waals surface area contributed by atoms with Crippen molar-refractivity contribution in [2.24, 2.45) is 5.73 Å². The van der Waals surface area contributed by atoms with Crippen LogP contribution in [0.2, 0.25) is 0 Å². The van der Waals surface area contributed by atoms with Gasteiger partial charge in [-0.2, -0.15) is 0 Å². The number of nitrogens with two attached hydrogens (primary N) is 1. The zero-order chi connectivity index (χ0) is 13.1. The predicted molar refractivity (Wildman–Crippen MR) is 68.5 cm³/mol. The van der Waals surface area contributed by atoms with Crippen LogP contribution in [0, 0.1) is 12.7 Å². The molecule has 0 bridgehead atoms. The maximum absolute atomic E-state index is 13.2. The Morgan fingerprint density at radius 3 is 2.89 bits per heavy atom. The van der Waals surface area contributed by atoms with Gasteiger partial charge in [-0.1, -0.05) is 24.6 Å². The molecule has 2 N–H and O–H groups in total. The minimum atomic E-state index is -0.280. The highest BCUT2D eigenvalue weighted by Crippen LogP contribution is 2.26. The number of hydrogen-bond donors (Lipinski definition) is 1. The third kappa shape index (κ3) is 2.59. The molecule has 0 aliphatic rings. The molecule has 1 atom stereocenters. The Morgan fingerprint density at radius 1 is 1.39 bits per heavy atom. The quantitative estimate of drug-likeness (QED) is 0.899. The Labute approximate surface area is 106 Å². The van der Waals surface area contributed by atoms with Crippen molar-refractivity contribution < 1.29 is 8.91 Å². The van der Waals surface area contributed by atoms with E-state index in [1.807, 2.05) is 6.92 Å². The van der Waals surface area contributed by atoms with E-state index in [-0.39, 0.29) is 11.9 Å². The molecule has 0 aliphatic heterocycles. The van der Waals surface area contributed by atoms with E-state index in [1.54, 1.807) is 12.1 Å². The van der Waals surface area contributed by atoms with Gasteiger partial charge in [0.2, 0.25) is 0 Å². The summed E-state index contributed by atoms with van der Waals surface area (Å²) in [6.07, 6.45) is 1.83. The van der Waals surface area contributed by atoms with Crippen molar-refractivity contribution in [3.8, 4) is 11.3 Å². The maximum atomic E-state index is 13.2. The van der Waals surface area contributed by atoms with Gasteiger partial charge in [0, 0.05) is 11.6 Å². The van der Waals surface area contributed by atoms with Crippen molar-refractivity contribution in [1.82, 2.24) is 5.16 Å². The lowest BCUT2D eigenvalue weighted by atomic mass is 10.0. The molecule has 1 unspecified atom stereocenters. The van der Waals surface area contributed by atoms with E-state index in [9.17, 15) is 4.39 Å². The molecule has 1 aromatic heterocycles. The van der Waals surface area contributed by atoms with Crippen LogP contribution in [-0.4, -0.2) is 5.16 Å². The largest absolute Gasteiger partial charge is 0.359 e. The van der Waals surface area contributed by atoms with Crippen LogP contribution >= 0.6 is 0 Å². The lowest BCUT2D eigenvalue weighted by Gasteiger charge is -2.03. The highest BCUT2D eigenvalue weighted by atomic mass is 19.1. The summed E-state index contributed by atoms with van der Waals surface area (Å²) in [5, 5.41) is 3.97. The third-order valence-corrected chi connectivity index (χ3v) is 2.97. The first kappa shape index (κ1) is 12.8. The van der Waals surface area contributed by atoms with Crippen molar-refractivity contribution in [3.63, 3.8) is 0 Å². The molecule has 0 saturated heterocycles. The van der Waals surface area contributed by atoms with Crippen molar-refractivity contribution in [3.05, 3.63) is 41.4 Å². The van der Waals surface area contributed by atoms with Crippen molar-refractivity contribution >= 4 is 0 Å². The molecule has 1 aromatic carbocycles. The first-order valence-corrected chi connectivity index (χ1v) is 6.10. The molecule has 2 rings (SSSR count). The Kier molecular flexibility index (Phi) is 3.77. The van der Waals surface area contributed by atoms with Crippen molar-refractivity contribution in [1.29, 1.82) is 0 Å². The zero-order valence-electron chi connectivity index (χ0n) is 10.6. The van der Waals surface area contributed by atoms with Gasteiger partial charge >= 0.3 is 0 Å². The molecule has 0 fully saturated rings. The normalized spacial score (nSPS) is 12.7. The second-order valence-corrected chi connectivity index (χ2v) is 4.47. The van der Waals surface area contributed by atoms with Gasteiger partial charge in [-0.15, -0.1) is 0 Å². The number of aryl methyl sites for hydroxylation is 1. The predicted octanol–water partition coefficient (Wildman–Crippen LogP) is 3.59. The summed E-state index contributed by atoms with van der Waals surface area (Å²) in [7, 11) is 0. The number of benzene rings is 1. The van der Waals surface area contributed by atoms with Crippen LogP contribution in [0.1, 0.15) is 37.1 Å². The van der Waals surface area contributed by atoms with E-state index in [2.05, 4.69) is 12.1 Å².